The normalized spacial score (nSPS) is 13.2. The summed E-state index contributed by atoms with van der Waals surface area (Å²) in [4.78, 5) is 22.5. The van der Waals surface area contributed by atoms with Gasteiger partial charge in [-0.15, -0.1) is 0 Å². The van der Waals surface area contributed by atoms with E-state index in [1.54, 1.807) is 7.11 Å². The molecule has 0 saturated heterocycles. The van der Waals surface area contributed by atoms with Crippen LogP contribution in [0.15, 0.2) is 24.3 Å². The lowest BCUT2D eigenvalue weighted by atomic mass is 10.0. The van der Waals surface area contributed by atoms with Gasteiger partial charge >= 0.3 is 0 Å². The van der Waals surface area contributed by atoms with Gasteiger partial charge in [0.15, 0.2) is 0 Å². The molecule has 0 heterocycles. The third-order valence-electron chi connectivity index (χ3n) is 3.50. The zero-order valence-electron chi connectivity index (χ0n) is 14.9. The van der Waals surface area contributed by atoms with Gasteiger partial charge in [-0.2, -0.15) is 0 Å². The summed E-state index contributed by atoms with van der Waals surface area (Å²) >= 11 is 0. The number of benzene rings is 1. The van der Waals surface area contributed by atoms with Crippen molar-refractivity contribution < 1.29 is 23.9 Å². The van der Waals surface area contributed by atoms with Crippen molar-refractivity contribution in [2.24, 2.45) is 5.92 Å². The Morgan fingerprint density at radius 3 is 2.48 bits per heavy atom. The number of rotatable bonds is 12. The highest BCUT2D eigenvalue weighted by Crippen LogP contribution is 2.13. The number of hydrogen-bond acceptors (Lipinski definition) is 6. The van der Waals surface area contributed by atoms with Gasteiger partial charge in [0.1, 0.15) is 6.79 Å². The van der Waals surface area contributed by atoms with E-state index in [1.165, 1.54) is 24.3 Å². The van der Waals surface area contributed by atoms with Crippen molar-refractivity contribution in [3.8, 4) is 0 Å². The molecule has 0 spiro atoms. The fraction of sp³-hybridized carbons (Fsp3) is 0.588. The third kappa shape index (κ3) is 8.06. The molecule has 1 rings (SSSR count). The molecule has 2 atom stereocenters. The molecule has 1 amide bonds. The molecule has 0 unspecified atom stereocenters. The van der Waals surface area contributed by atoms with Crippen molar-refractivity contribution in [2.75, 3.05) is 33.7 Å². The summed E-state index contributed by atoms with van der Waals surface area (Å²) in [7, 11) is 1.63. The van der Waals surface area contributed by atoms with Gasteiger partial charge in [0.05, 0.1) is 17.6 Å². The number of nitro groups is 1. The number of hydrogen-bond donors (Lipinski definition) is 1. The van der Waals surface area contributed by atoms with E-state index in [0.717, 1.165) is 0 Å². The van der Waals surface area contributed by atoms with Crippen LogP contribution in [0.25, 0.3) is 0 Å². The molecule has 1 aromatic carbocycles. The monoisotopic (exact) mass is 354 g/mol. The predicted octanol–water partition coefficient (Wildman–Crippen LogP) is 2.38. The number of non-ortho nitro benzene ring substituents is 1. The van der Waals surface area contributed by atoms with Crippen molar-refractivity contribution in [3.63, 3.8) is 0 Å². The molecule has 0 saturated carbocycles. The van der Waals surface area contributed by atoms with Crippen LogP contribution in [0.1, 0.15) is 30.6 Å². The molecule has 0 bridgehead atoms. The maximum atomic E-state index is 12.4. The lowest BCUT2D eigenvalue weighted by Crippen LogP contribution is -2.40. The Labute approximate surface area is 147 Å². The molecule has 140 valence electrons. The Kier molecular flexibility index (Phi) is 9.68. The quantitative estimate of drug-likeness (QED) is 0.268. The van der Waals surface area contributed by atoms with Crippen molar-refractivity contribution in [2.45, 2.75) is 26.3 Å². The summed E-state index contributed by atoms with van der Waals surface area (Å²) in [5, 5.41) is 13.6. The summed E-state index contributed by atoms with van der Waals surface area (Å²) in [5.41, 5.74) is 0.307. The number of nitro benzene ring substituents is 1. The van der Waals surface area contributed by atoms with E-state index in [9.17, 15) is 14.9 Å². The summed E-state index contributed by atoms with van der Waals surface area (Å²) < 4.78 is 15.7. The molecular weight excluding hydrogens is 328 g/mol. The van der Waals surface area contributed by atoms with Crippen LogP contribution in [0.4, 0.5) is 5.69 Å². The number of amides is 1. The topological polar surface area (TPSA) is 99.9 Å². The highest BCUT2D eigenvalue weighted by atomic mass is 16.7. The minimum absolute atomic E-state index is 0.0538. The SMILES string of the molecule is CCOCOC[C@H](C[C@@H](C)COC)NC(=O)c1ccc([N+](=O)[O-])cc1. The summed E-state index contributed by atoms with van der Waals surface area (Å²) in [6.07, 6.45) is 0.679. The number of carbonyl (C=O) groups is 1. The van der Waals surface area contributed by atoms with Gasteiger partial charge in [-0.25, -0.2) is 0 Å². The molecule has 8 heteroatoms. The van der Waals surface area contributed by atoms with Gasteiger partial charge in [-0.05, 0) is 31.4 Å². The summed E-state index contributed by atoms with van der Waals surface area (Å²) in [6.45, 7) is 5.51. The molecule has 1 aromatic rings. The van der Waals surface area contributed by atoms with Crippen LogP contribution in [0.3, 0.4) is 0 Å². The van der Waals surface area contributed by atoms with Crippen LogP contribution in [-0.2, 0) is 14.2 Å². The van der Waals surface area contributed by atoms with Crippen LogP contribution < -0.4 is 5.32 Å². The van der Waals surface area contributed by atoms with Gasteiger partial charge in [0, 0.05) is 38.0 Å². The predicted molar refractivity (Wildman–Crippen MR) is 92.5 cm³/mol. The minimum Gasteiger partial charge on any atom is -0.384 e. The molecule has 0 aliphatic carbocycles. The third-order valence-corrected chi connectivity index (χ3v) is 3.50. The van der Waals surface area contributed by atoms with Gasteiger partial charge in [-0.1, -0.05) is 6.92 Å². The minimum atomic E-state index is -0.502. The smallest absolute Gasteiger partial charge is 0.269 e. The lowest BCUT2D eigenvalue weighted by molar-refractivity contribution is -0.384. The molecular formula is C17H26N2O6. The first kappa shape index (κ1) is 21.0. The maximum absolute atomic E-state index is 12.4. The van der Waals surface area contributed by atoms with E-state index in [-0.39, 0.29) is 30.3 Å². The Morgan fingerprint density at radius 1 is 1.24 bits per heavy atom. The standard InChI is InChI=1S/C17H26N2O6/c1-4-24-12-25-11-15(9-13(2)10-23-3)18-17(20)14-5-7-16(8-6-14)19(21)22/h5-8,13,15H,4,9-12H2,1-3H3,(H,18,20)/t13-,15+/m1/s1. The van der Waals surface area contributed by atoms with Gasteiger partial charge < -0.3 is 19.5 Å². The number of ether oxygens (including phenoxy) is 3. The van der Waals surface area contributed by atoms with Crippen molar-refractivity contribution in [1.82, 2.24) is 5.32 Å². The number of nitrogens with one attached hydrogen (secondary N) is 1. The molecule has 25 heavy (non-hydrogen) atoms. The van der Waals surface area contributed by atoms with Crippen molar-refractivity contribution in [1.29, 1.82) is 0 Å². The van der Waals surface area contributed by atoms with E-state index in [2.05, 4.69) is 5.32 Å². The average molecular weight is 354 g/mol. The zero-order chi connectivity index (χ0) is 18.7. The van der Waals surface area contributed by atoms with Crippen LogP contribution in [-0.4, -0.2) is 50.6 Å². The second-order valence-electron chi connectivity index (χ2n) is 5.75. The highest BCUT2D eigenvalue weighted by Gasteiger charge is 2.18. The summed E-state index contributed by atoms with van der Waals surface area (Å²) in [6, 6.07) is 5.27. The van der Waals surface area contributed by atoms with Crippen LogP contribution >= 0.6 is 0 Å². The molecule has 0 aliphatic heterocycles. The number of nitrogens with zero attached hydrogens (tertiary/aromatic N) is 1. The van der Waals surface area contributed by atoms with E-state index in [4.69, 9.17) is 14.2 Å². The van der Waals surface area contributed by atoms with Crippen molar-refractivity contribution in [3.05, 3.63) is 39.9 Å². The highest BCUT2D eigenvalue weighted by molar-refractivity contribution is 5.94. The Bertz CT molecular complexity index is 534. The first-order valence-electron chi connectivity index (χ1n) is 8.17. The second-order valence-corrected chi connectivity index (χ2v) is 5.75. The first-order valence-corrected chi connectivity index (χ1v) is 8.17. The molecule has 0 aliphatic rings. The van der Waals surface area contributed by atoms with Gasteiger partial charge in [0.2, 0.25) is 0 Å². The van der Waals surface area contributed by atoms with E-state index >= 15 is 0 Å². The van der Waals surface area contributed by atoms with E-state index in [1.807, 2.05) is 13.8 Å². The zero-order valence-corrected chi connectivity index (χ0v) is 14.9. The van der Waals surface area contributed by atoms with E-state index in [0.29, 0.717) is 31.8 Å². The maximum Gasteiger partial charge on any atom is 0.269 e. The summed E-state index contributed by atoms with van der Waals surface area (Å²) in [5.74, 6) is -0.0626. The molecule has 1 N–H and O–H groups in total. The fourth-order valence-corrected chi connectivity index (χ4v) is 2.34. The van der Waals surface area contributed by atoms with Crippen LogP contribution in [0, 0.1) is 16.0 Å². The largest absolute Gasteiger partial charge is 0.384 e. The number of carbonyl (C=O) groups excluding carboxylic acids is 1. The Balaban J connectivity index is 2.66. The second kappa shape index (κ2) is 11.5. The van der Waals surface area contributed by atoms with Crippen LogP contribution in [0.2, 0.25) is 0 Å². The lowest BCUT2D eigenvalue weighted by Gasteiger charge is -2.22. The van der Waals surface area contributed by atoms with Crippen LogP contribution in [0.5, 0.6) is 0 Å². The van der Waals surface area contributed by atoms with Gasteiger partial charge in [-0.3, -0.25) is 14.9 Å². The first-order chi connectivity index (χ1) is 12.0. The molecule has 0 fully saturated rings. The van der Waals surface area contributed by atoms with E-state index < -0.39 is 4.92 Å². The van der Waals surface area contributed by atoms with Gasteiger partial charge in [0.25, 0.3) is 11.6 Å². The average Bonchev–Trinajstić information content (AvgIpc) is 2.58. The number of methoxy groups -OCH3 is 1. The molecule has 8 nitrogen and oxygen atoms in total. The molecule has 0 aromatic heterocycles. The molecule has 0 radical (unpaired) electrons. The Hall–Kier alpha value is -2.03. The Morgan fingerprint density at radius 2 is 1.92 bits per heavy atom. The van der Waals surface area contributed by atoms with Crippen molar-refractivity contribution >= 4 is 11.6 Å². The fourth-order valence-electron chi connectivity index (χ4n) is 2.34.